The van der Waals surface area contributed by atoms with Crippen molar-refractivity contribution >= 4 is 11.9 Å². The van der Waals surface area contributed by atoms with Crippen LogP contribution in [0.1, 0.15) is 32.1 Å². The van der Waals surface area contributed by atoms with Crippen molar-refractivity contribution in [2.24, 2.45) is 5.92 Å². The summed E-state index contributed by atoms with van der Waals surface area (Å²) in [6, 6.07) is 1.14. The van der Waals surface area contributed by atoms with Crippen LogP contribution in [0.25, 0.3) is 0 Å². The number of aliphatic carboxylic acids is 1. The Morgan fingerprint density at radius 3 is 2.83 bits per heavy atom. The van der Waals surface area contributed by atoms with Crippen molar-refractivity contribution in [1.82, 2.24) is 5.32 Å². The summed E-state index contributed by atoms with van der Waals surface area (Å²) in [6.07, 6.45) is 2.69. The maximum Gasteiger partial charge on any atom is 0.326 e. The van der Waals surface area contributed by atoms with Crippen molar-refractivity contribution < 1.29 is 19.4 Å². The number of nitriles is 1. The number of carboxylic acid groups (broad SMARTS) is 1. The smallest absolute Gasteiger partial charge is 0.326 e. The van der Waals surface area contributed by atoms with Gasteiger partial charge in [0.25, 0.3) is 0 Å². The molecule has 0 spiro atoms. The number of ether oxygens (including phenoxy) is 1. The van der Waals surface area contributed by atoms with Crippen LogP contribution < -0.4 is 5.32 Å². The zero-order valence-corrected chi connectivity index (χ0v) is 10.2. The van der Waals surface area contributed by atoms with E-state index in [1.54, 1.807) is 0 Å². The van der Waals surface area contributed by atoms with Crippen LogP contribution in [0, 0.1) is 17.2 Å². The molecule has 0 aliphatic carbocycles. The zero-order valence-electron chi connectivity index (χ0n) is 10.2. The molecule has 1 aliphatic heterocycles. The standard InChI is InChI=1S/C12H18N2O4/c13-6-3-1-2-4-10(12(16)17)14-11(15)9-5-7-18-8-9/h9-10H,1-5,7-8H2,(H,14,15)(H,16,17)/t9-,10+/m0/s1. The highest BCUT2D eigenvalue weighted by molar-refractivity contribution is 5.85. The summed E-state index contributed by atoms with van der Waals surface area (Å²) >= 11 is 0. The Bertz CT molecular complexity index is 331. The first kappa shape index (κ1) is 14.5. The number of hydrogen-bond acceptors (Lipinski definition) is 4. The van der Waals surface area contributed by atoms with Gasteiger partial charge in [0.2, 0.25) is 5.91 Å². The van der Waals surface area contributed by atoms with Gasteiger partial charge in [-0.3, -0.25) is 4.79 Å². The molecular weight excluding hydrogens is 236 g/mol. The largest absolute Gasteiger partial charge is 0.480 e. The second-order valence-corrected chi connectivity index (χ2v) is 4.36. The molecule has 0 unspecified atom stereocenters. The summed E-state index contributed by atoms with van der Waals surface area (Å²) in [5, 5.41) is 19.9. The Balaban J connectivity index is 2.34. The molecule has 1 aliphatic rings. The van der Waals surface area contributed by atoms with Crippen molar-refractivity contribution in [2.75, 3.05) is 13.2 Å². The van der Waals surface area contributed by atoms with Crippen LogP contribution in [0.2, 0.25) is 0 Å². The maximum absolute atomic E-state index is 11.7. The predicted octanol–water partition coefficient (Wildman–Crippen LogP) is 0.676. The Kier molecular flexibility index (Phi) is 6.15. The number of unbranched alkanes of at least 4 members (excludes halogenated alkanes) is 2. The van der Waals surface area contributed by atoms with Gasteiger partial charge in [-0.2, -0.15) is 5.26 Å². The van der Waals surface area contributed by atoms with Crippen LogP contribution in [-0.2, 0) is 14.3 Å². The van der Waals surface area contributed by atoms with Crippen LogP contribution in [-0.4, -0.2) is 36.2 Å². The van der Waals surface area contributed by atoms with E-state index in [4.69, 9.17) is 15.1 Å². The van der Waals surface area contributed by atoms with Gasteiger partial charge in [0.1, 0.15) is 6.04 Å². The van der Waals surface area contributed by atoms with Crippen LogP contribution in [0.15, 0.2) is 0 Å². The van der Waals surface area contributed by atoms with E-state index >= 15 is 0 Å². The van der Waals surface area contributed by atoms with Gasteiger partial charge in [-0.25, -0.2) is 4.79 Å². The van der Waals surface area contributed by atoms with Crippen LogP contribution in [0.3, 0.4) is 0 Å². The Morgan fingerprint density at radius 1 is 1.50 bits per heavy atom. The maximum atomic E-state index is 11.7. The highest BCUT2D eigenvalue weighted by atomic mass is 16.5. The lowest BCUT2D eigenvalue weighted by atomic mass is 10.1. The lowest BCUT2D eigenvalue weighted by Gasteiger charge is -2.16. The predicted molar refractivity (Wildman–Crippen MR) is 62.6 cm³/mol. The SMILES string of the molecule is N#CCCCC[C@@H](NC(=O)[C@H]1CCOC1)C(=O)O. The lowest BCUT2D eigenvalue weighted by molar-refractivity contribution is -0.142. The monoisotopic (exact) mass is 254 g/mol. The van der Waals surface area contributed by atoms with Crippen LogP contribution in [0.5, 0.6) is 0 Å². The molecule has 0 bridgehead atoms. The van der Waals surface area contributed by atoms with Gasteiger partial charge in [0.15, 0.2) is 0 Å². The quantitative estimate of drug-likeness (QED) is 0.651. The van der Waals surface area contributed by atoms with Gasteiger partial charge in [0.05, 0.1) is 18.6 Å². The Labute approximate surface area is 106 Å². The fraction of sp³-hybridized carbons (Fsp3) is 0.750. The molecule has 2 atom stereocenters. The molecule has 1 heterocycles. The van der Waals surface area contributed by atoms with Crippen molar-refractivity contribution in [1.29, 1.82) is 5.26 Å². The van der Waals surface area contributed by atoms with Crippen LogP contribution in [0.4, 0.5) is 0 Å². The van der Waals surface area contributed by atoms with Crippen molar-refractivity contribution in [3.63, 3.8) is 0 Å². The summed E-state index contributed by atoms with van der Waals surface area (Å²) in [4.78, 5) is 22.7. The molecule has 0 radical (unpaired) electrons. The van der Waals surface area contributed by atoms with Crippen molar-refractivity contribution in [3.05, 3.63) is 0 Å². The normalized spacial score (nSPS) is 20.1. The molecule has 0 saturated carbocycles. The summed E-state index contributed by atoms with van der Waals surface area (Å²) in [5.74, 6) is -1.51. The molecule has 1 saturated heterocycles. The average Bonchev–Trinajstić information content (AvgIpc) is 2.86. The number of hydrogen-bond donors (Lipinski definition) is 2. The van der Waals surface area contributed by atoms with Gasteiger partial charge in [-0.05, 0) is 25.7 Å². The summed E-state index contributed by atoms with van der Waals surface area (Å²) in [6.45, 7) is 0.921. The highest BCUT2D eigenvalue weighted by Gasteiger charge is 2.27. The van der Waals surface area contributed by atoms with E-state index in [0.717, 1.165) is 0 Å². The van der Waals surface area contributed by atoms with Gasteiger partial charge >= 0.3 is 5.97 Å². The fourth-order valence-corrected chi connectivity index (χ4v) is 1.84. The van der Waals surface area contributed by atoms with Crippen molar-refractivity contribution in [2.45, 2.75) is 38.1 Å². The third kappa shape index (κ3) is 4.72. The Morgan fingerprint density at radius 2 is 2.28 bits per heavy atom. The summed E-state index contributed by atoms with van der Waals surface area (Å²) < 4.78 is 5.09. The average molecular weight is 254 g/mol. The van der Waals surface area contributed by atoms with E-state index in [-0.39, 0.29) is 11.8 Å². The molecule has 6 heteroatoms. The molecule has 100 valence electrons. The lowest BCUT2D eigenvalue weighted by Crippen LogP contribution is -2.43. The molecule has 0 aromatic carbocycles. The third-order valence-electron chi connectivity index (χ3n) is 2.95. The highest BCUT2D eigenvalue weighted by Crippen LogP contribution is 2.13. The number of amides is 1. The number of carboxylic acids is 1. The van der Waals surface area contributed by atoms with Gasteiger partial charge in [0, 0.05) is 13.0 Å². The van der Waals surface area contributed by atoms with Gasteiger partial charge in [-0.15, -0.1) is 0 Å². The van der Waals surface area contributed by atoms with E-state index in [0.29, 0.717) is 45.3 Å². The molecule has 1 rings (SSSR count). The molecule has 2 N–H and O–H groups in total. The number of nitrogens with zero attached hydrogens (tertiary/aromatic N) is 1. The number of nitrogens with one attached hydrogen (secondary N) is 1. The number of carbonyl (C=O) groups excluding carboxylic acids is 1. The second kappa shape index (κ2) is 7.67. The molecule has 18 heavy (non-hydrogen) atoms. The summed E-state index contributed by atoms with van der Waals surface area (Å²) in [7, 11) is 0. The molecule has 6 nitrogen and oxygen atoms in total. The fourth-order valence-electron chi connectivity index (χ4n) is 1.84. The van der Waals surface area contributed by atoms with Gasteiger partial charge in [-0.1, -0.05) is 0 Å². The topological polar surface area (TPSA) is 99.4 Å². The number of carbonyl (C=O) groups is 2. The molecule has 0 aromatic rings. The van der Waals surface area contributed by atoms with E-state index in [1.165, 1.54) is 0 Å². The minimum absolute atomic E-state index is 0.231. The molecule has 1 fully saturated rings. The second-order valence-electron chi connectivity index (χ2n) is 4.36. The first-order valence-electron chi connectivity index (χ1n) is 6.13. The molecular formula is C12H18N2O4. The van der Waals surface area contributed by atoms with E-state index in [2.05, 4.69) is 5.32 Å². The van der Waals surface area contributed by atoms with Gasteiger partial charge < -0.3 is 15.2 Å². The third-order valence-corrected chi connectivity index (χ3v) is 2.95. The summed E-state index contributed by atoms with van der Waals surface area (Å²) in [5.41, 5.74) is 0. The first-order valence-corrected chi connectivity index (χ1v) is 6.13. The minimum atomic E-state index is -1.03. The van der Waals surface area contributed by atoms with E-state index in [1.807, 2.05) is 6.07 Å². The first-order chi connectivity index (χ1) is 8.65. The van der Waals surface area contributed by atoms with Crippen LogP contribution >= 0.6 is 0 Å². The van der Waals surface area contributed by atoms with E-state index < -0.39 is 12.0 Å². The van der Waals surface area contributed by atoms with Crippen molar-refractivity contribution in [3.8, 4) is 6.07 Å². The molecule has 1 amide bonds. The number of rotatable bonds is 7. The Hall–Kier alpha value is -1.61. The molecule has 0 aromatic heterocycles. The minimum Gasteiger partial charge on any atom is -0.480 e. The van der Waals surface area contributed by atoms with E-state index in [9.17, 15) is 9.59 Å². The zero-order chi connectivity index (χ0) is 13.4.